The molecule has 0 bridgehead atoms. The molecule has 1 aliphatic rings. The fourth-order valence-corrected chi connectivity index (χ4v) is 4.88. The summed E-state index contributed by atoms with van der Waals surface area (Å²) < 4.78 is 5.49. The zero-order chi connectivity index (χ0) is 28.0. The standard InChI is InChI=1S/C32H40N2O5/c1-3-5-7-17-31(37)39-23-28(18-24-13-8-6-9-14-24)33-32(38)26(12-4-2)20-30(36)34-21-27-16-11-10-15-25(27)19-29(34)22-35/h3-4,6,8-11,13-16,26,28-29,35H,1-2,5,7,12,17-23H2,(H,33,38). The summed E-state index contributed by atoms with van der Waals surface area (Å²) in [5.74, 6) is -1.42. The molecule has 3 unspecified atom stereocenters. The van der Waals surface area contributed by atoms with Crippen LogP contribution in [0, 0.1) is 5.92 Å². The van der Waals surface area contributed by atoms with E-state index in [-0.39, 0.29) is 49.9 Å². The number of nitrogens with zero attached hydrogens (tertiary/aromatic N) is 1. The maximum Gasteiger partial charge on any atom is 0.305 e. The molecule has 2 N–H and O–H groups in total. The molecule has 0 saturated heterocycles. The molecule has 3 atom stereocenters. The van der Waals surface area contributed by atoms with Gasteiger partial charge in [0.15, 0.2) is 0 Å². The highest BCUT2D eigenvalue weighted by atomic mass is 16.5. The van der Waals surface area contributed by atoms with E-state index in [1.807, 2.05) is 54.6 Å². The lowest BCUT2D eigenvalue weighted by Crippen LogP contribution is -2.48. The number of aliphatic hydroxyl groups is 1. The number of unbranched alkanes of at least 4 members (excludes halogenated alkanes) is 1. The molecule has 0 aliphatic carbocycles. The number of ether oxygens (including phenoxy) is 1. The van der Waals surface area contributed by atoms with Gasteiger partial charge < -0.3 is 20.1 Å². The number of carbonyl (C=O) groups excluding carboxylic acids is 3. The van der Waals surface area contributed by atoms with Crippen molar-refractivity contribution in [3.8, 4) is 0 Å². The second kappa shape index (κ2) is 15.6. The van der Waals surface area contributed by atoms with Crippen molar-refractivity contribution in [3.05, 3.63) is 96.6 Å². The van der Waals surface area contributed by atoms with Crippen LogP contribution in [0.15, 0.2) is 79.9 Å². The van der Waals surface area contributed by atoms with Crippen LogP contribution < -0.4 is 5.32 Å². The van der Waals surface area contributed by atoms with Gasteiger partial charge in [-0.3, -0.25) is 14.4 Å². The molecule has 2 aromatic carbocycles. The molecule has 0 aromatic heterocycles. The lowest BCUT2D eigenvalue weighted by atomic mass is 9.92. The van der Waals surface area contributed by atoms with Crippen molar-refractivity contribution in [2.75, 3.05) is 13.2 Å². The quantitative estimate of drug-likeness (QED) is 0.204. The van der Waals surface area contributed by atoms with Crippen molar-refractivity contribution < 1.29 is 24.2 Å². The van der Waals surface area contributed by atoms with Crippen LogP contribution >= 0.6 is 0 Å². The number of benzene rings is 2. The normalized spacial score (nSPS) is 15.9. The van der Waals surface area contributed by atoms with Crippen LogP contribution in [0.2, 0.25) is 0 Å². The Hall–Kier alpha value is -3.71. The molecule has 0 radical (unpaired) electrons. The summed E-state index contributed by atoms with van der Waals surface area (Å²) in [4.78, 5) is 40.7. The summed E-state index contributed by atoms with van der Waals surface area (Å²) in [6.45, 7) is 7.75. The largest absolute Gasteiger partial charge is 0.463 e. The maximum absolute atomic E-state index is 13.4. The average Bonchev–Trinajstić information content (AvgIpc) is 2.95. The van der Waals surface area contributed by atoms with Crippen LogP contribution in [0.3, 0.4) is 0 Å². The maximum atomic E-state index is 13.4. The molecular formula is C32H40N2O5. The first-order valence-electron chi connectivity index (χ1n) is 13.6. The van der Waals surface area contributed by atoms with Crippen LogP contribution in [0.1, 0.15) is 48.8 Å². The lowest BCUT2D eigenvalue weighted by Gasteiger charge is -2.36. The molecule has 0 spiro atoms. The second-order valence-corrected chi connectivity index (χ2v) is 10.0. The zero-order valence-corrected chi connectivity index (χ0v) is 22.6. The topological polar surface area (TPSA) is 95.9 Å². The van der Waals surface area contributed by atoms with Gasteiger partial charge in [-0.15, -0.1) is 13.2 Å². The number of carbonyl (C=O) groups is 3. The highest BCUT2D eigenvalue weighted by Gasteiger charge is 2.32. The molecule has 2 aromatic rings. The summed E-state index contributed by atoms with van der Waals surface area (Å²) in [6.07, 6.45) is 6.47. The van der Waals surface area contributed by atoms with E-state index in [4.69, 9.17) is 4.74 Å². The summed E-state index contributed by atoms with van der Waals surface area (Å²) in [7, 11) is 0. The minimum atomic E-state index is -0.631. The van der Waals surface area contributed by atoms with E-state index in [9.17, 15) is 19.5 Å². The summed E-state index contributed by atoms with van der Waals surface area (Å²) in [5, 5.41) is 13.0. The van der Waals surface area contributed by atoms with Gasteiger partial charge in [-0.1, -0.05) is 66.7 Å². The highest BCUT2D eigenvalue weighted by molar-refractivity contribution is 5.86. The molecule has 3 rings (SSSR count). The predicted molar refractivity (Wildman–Crippen MR) is 152 cm³/mol. The molecular weight excluding hydrogens is 492 g/mol. The van der Waals surface area contributed by atoms with Gasteiger partial charge in [-0.2, -0.15) is 0 Å². The highest BCUT2D eigenvalue weighted by Crippen LogP contribution is 2.25. The second-order valence-electron chi connectivity index (χ2n) is 10.0. The Bertz CT molecular complexity index is 1120. The predicted octanol–water partition coefficient (Wildman–Crippen LogP) is 4.14. The Balaban J connectivity index is 1.67. The van der Waals surface area contributed by atoms with Crippen molar-refractivity contribution in [2.45, 2.75) is 63.6 Å². The molecule has 0 saturated carbocycles. The van der Waals surface area contributed by atoms with E-state index in [0.29, 0.717) is 32.2 Å². The third-order valence-electron chi connectivity index (χ3n) is 7.04. The molecule has 39 heavy (non-hydrogen) atoms. The van der Waals surface area contributed by atoms with Gasteiger partial charge in [-0.25, -0.2) is 0 Å². The smallest absolute Gasteiger partial charge is 0.305 e. The van der Waals surface area contributed by atoms with Crippen LogP contribution in [0.5, 0.6) is 0 Å². The number of amides is 2. The number of rotatable bonds is 15. The lowest BCUT2D eigenvalue weighted by molar-refractivity contribution is -0.145. The minimum absolute atomic E-state index is 0.00405. The van der Waals surface area contributed by atoms with Crippen molar-refractivity contribution in [1.29, 1.82) is 0 Å². The van der Waals surface area contributed by atoms with Gasteiger partial charge in [0, 0.05) is 19.4 Å². The average molecular weight is 533 g/mol. The first-order valence-corrected chi connectivity index (χ1v) is 13.6. The van der Waals surface area contributed by atoms with Crippen molar-refractivity contribution in [3.63, 3.8) is 0 Å². The van der Waals surface area contributed by atoms with Gasteiger partial charge in [0.25, 0.3) is 0 Å². The minimum Gasteiger partial charge on any atom is -0.463 e. The monoisotopic (exact) mass is 532 g/mol. The van der Waals surface area contributed by atoms with Crippen molar-refractivity contribution >= 4 is 17.8 Å². The number of nitrogens with one attached hydrogen (secondary N) is 1. The van der Waals surface area contributed by atoms with E-state index < -0.39 is 12.0 Å². The molecule has 208 valence electrons. The van der Waals surface area contributed by atoms with Crippen LogP contribution in [-0.4, -0.2) is 53.1 Å². The summed E-state index contributed by atoms with van der Waals surface area (Å²) >= 11 is 0. The Morgan fingerprint density at radius 2 is 1.77 bits per heavy atom. The Labute approximate surface area is 231 Å². The summed E-state index contributed by atoms with van der Waals surface area (Å²) in [5.41, 5.74) is 3.18. The van der Waals surface area contributed by atoms with Gasteiger partial charge in [0.1, 0.15) is 6.61 Å². The van der Waals surface area contributed by atoms with Crippen LogP contribution in [0.25, 0.3) is 0 Å². The van der Waals surface area contributed by atoms with Crippen molar-refractivity contribution in [1.82, 2.24) is 10.2 Å². The number of esters is 1. The Morgan fingerprint density at radius 1 is 1.05 bits per heavy atom. The SMILES string of the molecule is C=CCCCC(=O)OCC(Cc1ccccc1)NC(=O)C(CC=C)CC(=O)N1Cc2ccccc2CC1CO. The number of allylic oxidation sites excluding steroid dienone is 2. The zero-order valence-electron chi connectivity index (χ0n) is 22.6. The number of hydrogen-bond acceptors (Lipinski definition) is 5. The van der Waals surface area contributed by atoms with Crippen LogP contribution in [0.4, 0.5) is 0 Å². The molecule has 7 heteroatoms. The first-order chi connectivity index (χ1) is 18.9. The summed E-state index contributed by atoms with van der Waals surface area (Å²) in [6, 6.07) is 16.8. The van der Waals surface area contributed by atoms with E-state index in [1.54, 1.807) is 17.1 Å². The Morgan fingerprint density at radius 3 is 2.46 bits per heavy atom. The molecule has 1 aliphatic heterocycles. The number of fused-ring (bicyclic) bond motifs is 1. The van der Waals surface area contributed by atoms with E-state index >= 15 is 0 Å². The molecule has 2 amide bonds. The van der Waals surface area contributed by atoms with Gasteiger partial charge in [-0.05, 0) is 48.8 Å². The number of aliphatic hydroxyl groups excluding tert-OH is 1. The van der Waals surface area contributed by atoms with E-state index in [2.05, 4.69) is 18.5 Å². The van der Waals surface area contributed by atoms with E-state index in [1.165, 1.54) is 0 Å². The molecule has 1 heterocycles. The molecule has 0 fully saturated rings. The van der Waals surface area contributed by atoms with E-state index in [0.717, 1.165) is 23.1 Å². The van der Waals surface area contributed by atoms with Crippen molar-refractivity contribution in [2.24, 2.45) is 5.92 Å². The fourth-order valence-electron chi connectivity index (χ4n) is 4.88. The Kier molecular flexibility index (Phi) is 12.0. The first kappa shape index (κ1) is 29.8. The fraction of sp³-hybridized carbons (Fsp3) is 0.406. The third-order valence-corrected chi connectivity index (χ3v) is 7.04. The molecule has 7 nitrogen and oxygen atoms in total. The van der Waals surface area contributed by atoms with Gasteiger partial charge in [0.05, 0.1) is 24.6 Å². The number of hydrogen-bond donors (Lipinski definition) is 2. The third kappa shape index (κ3) is 9.21. The van der Waals surface area contributed by atoms with Gasteiger partial charge in [0.2, 0.25) is 11.8 Å². The van der Waals surface area contributed by atoms with Gasteiger partial charge >= 0.3 is 5.97 Å². The van der Waals surface area contributed by atoms with Crippen LogP contribution in [-0.2, 0) is 38.5 Å².